The number of piperazine rings is 1. The molecule has 36 heavy (non-hydrogen) atoms. The first-order chi connectivity index (χ1) is 17.4. The van der Waals surface area contributed by atoms with Crippen LogP contribution in [0.2, 0.25) is 0 Å². The number of methoxy groups -OCH3 is 2. The van der Waals surface area contributed by atoms with Gasteiger partial charge < -0.3 is 34.4 Å². The highest BCUT2D eigenvalue weighted by atomic mass is 16.5. The lowest BCUT2D eigenvalue weighted by molar-refractivity contribution is 0.159. The summed E-state index contributed by atoms with van der Waals surface area (Å²) in [5.41, 5.74) is 2.22. The van der Waals surface area contributed by atoms with Crippen LogP contribution < -0.4 is 14.2 Å². The van der Waals surface area contributed by atoms with Crippen LogP contribution in [0.25, 0.3) is 22.3 Å². The van der Waals surface area contributed by atoms with Crippen molar-refractivity contribution in [3.8, 4) is 56.8 Å². The molecule has 0 aliphatic carbocycles. The second-order valence-electron chi connectivity index (χ2n) is 8.48. The Kier molecular flexibility index (Phi) is 7.70. The SMILES string of the molecule is COc1cc(-c2ccc(O)cc2)c(OC)c(O)c1-c1ccc(OC/C=N/N2CCN(C)CC2)c(O)c1. The van der Waals surface area contributed by atoms with Gasteiger partial charge in [0.05, 0.1) is 26.0 Å². The van der Waals surface area contributed by atoms with E-state index in [0.717, 1.165) is 31.7 Å². The zero-order valence-electron chi connectivity index (χ0n) is 20.6. The molecule has 4 rings (SSSR count). The zero-order valence-corrected chi connectivity index (χ0v) is 20.6. The lowest BCUT2D eigenvalue weighted by Gasteiger charge is -2.30. The van der Waals surface area contributed by atoms with Crippen molar-refractivity contribution in [3.63, 3.8) is 0 Å². The third-order valence-electron chi connectivity index (χ3n) is 6.11. The van der Waals surface area contributed by atoms with E-state index in [-0.39, 0.29) is 29.6 Å². The summed E-state index contributed by atoms with van der Waals surface area (Å²) in [6.45, 7) is 3.89. The van der Waals surface area contributed by atoms with Gasteiger partial charge in [-0.2, -0.15) is 5.10 Å². The van der Waals surface area contributed by atoms with Crippen LogP contribution in [-0.2, 0) is 0 Å². The van der Waals surface area contributed by atoms with Gasteiger partial charge in [0.15, 0.2) is 23.0 Å². The third-order valence-corrected chi connectivity index (χ3v) is 6.11. The molecule has 3 aromatic rings. The highest BCUT2D eigenvalue weighted by Crippen LogP contribution is 2.50. The van der Waals surface area contributed by atoms with Gasteiger partial charge in [-0.05, 0) is 48.5 Å². The summed E-state index contributed by atoms with van der Waals surface area (Å²) < 4.78 is 16.8. The summed E-state index contributed by atoms with van der Waals surface area (Å²) in [4.78, 5) is 2.26. The van der Waals surface area contributed by atoms with Gasteiger partial charge in [-0.25, -0.2) is 0 Å². The van der Waals surface area contributed by atoms with Crippen molar-refractivity contribution in [2.45, 2.75) is 0 Å². The Morgan fingerprint density at radius 2 is 1.56 bits per heavy atom. The number of hydrazone groups is 1. The summed E-state index contributed by atoms with van der Waals surface area (Å²) in [7, 11) is 5.06. The fourth-order valence-electron chi connectivity index (χ4n) is 4.11. The highest BCUT2D eigenvalue weighted by molar-refractivity contribution is 5.88. The van der Waals surface area contributed by atoms with E-state index in [0.29, 0.717) is 28.2 Å². The number of nitrogens with zero attached hydrogens (tertiary/aromatic N) is 3. The average molecular weight is 494 g/mol. The average Bonchev–Trinajstić information content (AvgIpc) is 2.88. The molecular formula is C27H31N3O6. The van der Waals surface area contributed by atoms with E-state index in [2.05, 4.69) is 17.0 Å². The summed E-state index contributed by atoms with van der Waals surface area (Å²) in [5.74, 6) is 0.861. The predicted octanol–water partition coefficient (Wildman–Crippen LogP) is 3.77. The zero-order chi connectivity index (χ0) is 25.7. The monoisotopic (exact) mass is 493 g/mol. The maximum absolute atomic E-state index is 11.1. The number of phenols is 3. The lowest BCUT2D eigenvalue weighted by atomic mass is 9.96. The van der Waals surface area contributed by atoms with Crippen LogP contribution in [-0.4, -0.2) is 85.5 Å². The maximum atomic E-state index is 11.1. The van der Waals surface area contributed by atoms with Crippen LogP contribution in [0.3, 0.4) is 0 Å². The number of likely N-dealkylation sites (N-methyl/N-ethyl adjacent to an activating group) is 1. The lowest BCUT2D eigenvalue weighted by Crippen LogP contribution is -2.41. The third kappa shape index (κ3) is 5.41. The van der Waals surface area contributed by atoms with Gasteiger partial charge in [0, 0.05) is 31.7 Å². The van der Waals surface area contributed by atoms with Crippen LogP contribution in [0.1, 0.15) is 0 Å². The topological polar surface area (TPSA) is 107 Å². The maximum Gasteiger partial charge on any atom is 0.170 e. The van der Waals surface area contributed by atoms with E-state index in [1.807, 2.05) is 5.01 Å². The van der Waals surface area contributed by atoms with Crippen LogP contribution >= 0.6 is 0 Å². The summed E-state index contributed by atoms with van der Waals surface area (Å²) in [6, 6.07) is 13.2. The quantitative estimate of drug-likeness (QED) is 0.407. The van der Waals surface area contributed by atoms with Crippen LogP contribution in [0.4, 0.5) is 0 Å². The molecular weight excluding hydrogens is 462 g/mol. The summed E-state index contributed by atoms with van der Waals surface area (Å²) >= 11 is 0. The van der Waals surface area contributed by atoms with E-state index in [1.54, 1.807) is 48.7 Å². The number of hydrogen-bond donors (Lipinski definition) is 3. The molecule has 190 valence electrons. The van der Waals surface area contributed by atoms with Crippen molar-refractivity contribution in [2.24, 2.45) is 5.10 Å². The largest absolute Gasteiger partial charge is 0.508 e. The molecule has 0 unspecified atom stereocenters. The van der Waals surface area contributed by atoms with Gasteiger partial charge in [0.1, 0.15) is 18.1 Å². The molecule has 0 amide bonds. The molecule has 0 aromatic heterocycles. The highest BCUT2D eigenvalue weighted by Gasteiger charge is 2.22. The molecule has 1 aliphatic heterocycles. The van der Waals surface area contributed by atoms with Crippen molar-refractivity contribution < 1.29 is 29.5 Å². The summed E-state index contributed by atoms with van der Waals surface area (Å²) in [6.07, 6.45) is 1.68. The first-order valence-corrected chi connectivity index (χ1v) is 11.6. The molecule has 0 bridgehead atoms. The Balaban J connectivity index is 1.56. The minimum Gasteiger partial charge on any atom is -0.508 e. The smallest absolute Gasteiger partial charge is 0.170 e. The molecule has 3 N–H and O–H groups in total. The van der Waals surface area contributed by atoms with Crippen molar-refractivity contribution in [2.75, 3.05) is 54.1 Å². The molecule has 0 spiro atoms. The van der Waals surface area contributed by atoms with Crippen molar-refractivity contribution in [1.29, 1.82) is 0 Å². The first-order valence-electron chi connectivity index (χ1n) is 11.6. The number of hydrogen-bond acceptors (Lipinski definition) is 9. The van der Waals surface area contributed by atoms with Crippen LogP contribution in [0.15, 0.2) is 53.6 Å². The van der Waals surface area contributed by atoms with Gasteiger partial charge in [0.25, 0.3) is 0 Å². The minimum absolute atomic E-state index is 0.0801. The molecule has 1 aliphatic rings. The summed E-state index contributed by atoms with van der Waals surface area (Å²) in [5, 5.41) is 37.8. The second-order valence-corrected chi connectivity index (χ2v) is 8.48. The minimum atomic E-state index is -0.132. The molecule has 1 saturated heterocycles. The van der Waals surface area contributed by atoms with Crippen LogP contribution in [0.5, 0.6) is 34.5 Å². The number of rotatable bonds is 8. The fraction of sp³-hybridized carbons (Fsp3) is 0.296. The number of ether oxygens (including phenoxy) is 3. The van der Waals surface area contributed by atoms with Gasteiger partial charge in [0.2, 0.25) is 0 Å². The Bertz CT molecular complexity index is 1220. The van der Waals surface area contributed by atoms with Gasteiger partial charge in [-0.15, -0.1) is 0 Å². The van der Waals surface area contributed by atoms with Crippen molar-refractivity contribution in [3.05, 3.63) is 48.5 Å². The Morgan fingerprint density at radius 1 is 0.861 bits per heavy atom. The van der Waals surface area contributed by atoms with Gasteiger partial charge in [-0.3, -0.25) is 5.01 Å². The molecule has 0 radical (unpaired) electrons. The van der Waals surface area contributed by atoms with Crippen LogP contribution in [0, 0.1) is 0 Å². The Hall–Kier alpha value is -4.11. The molecule has 9 heteroatoms. The van der Waals surface area contributed by atoms with E-state index < -0.39 is 0 Å². The first kappa shape index (κ1) is 25.0. The molecule has 0 saturated carbocycles. The Morgan fingerprint density at radius 3 is 2.19 bits per heavy atom. The van der Waals surface area contributed by atoms with Gasteiger partial charge in [-0.1, -0.05) is 18.2 Å². The second kappa shape index (κ2) is 11.1. The van der Waals surface area contributed by atoms with Gasteiger partial charge >= 0.3 is 0 Å². The molecule has 1 fully saturated rings. The number of aromatic hydroxyl groups is 3. The predicted molar refractivity (Wildman–Crippen MR) is 138 cm³/mol. The fourth-order valence-corrected chi connectivity index (χ4v) is 4.11. The van der Waals surface area contributed by atoms with Crippen molar-refractivity contribution in [1.82, 2.24) is 9.91 Å². The Labute approximate surface area is 210 Å². The molecule has 1 heterocycles. The molecule has 9 nitrogen and oxygen atoms in total. The van der Waals surface area contributed by atoms with E-state index >= 15 is 0 Å². The normalized spacial score (nSPS) is 14.2. The number of benzene rings is 3. The van der Waals surface area contributed by atoms with E-state index in [4.69, 9.17) is 14.2 Å². The molecule has 0 atom stereocenters. The van der Waals surface area contributed by atoms with Crippen molar-refractivity contribution >= 4 is 6.21 Å². The number of phenolic OH excluding ortho intramolecular Hbond substituents is 3. The molecule has 3 aromatic carbocycles. The van der Waals surface area contributed by atoms with E-state index in [1.165, 1.54) is 20.3 Å². The van der Waals surface area contributed by atoms with E-state index in [9.17, 15) is 15.3 Å². The standard InChI is InChI=1S/C27H31N3O6/c1-29-11-13-30(14-12-29)28-10-15-36-23-9-6-19(16-22(23)32)25-24(34-2)17-21(27(35-3)26(25)33)18-4-7-20(31)8-5-18/h4-10,16-17,31-33H,11-15H2,1-3H3/b28-10+.